The SMILES string of the molecule is CC1(C)NC(=O)N(C2=CCC(=N)C(Cl)C2)C1=O. The van der Waals surface area contributed by atoms with Crippen LogP contribution in [-0.4, -0.2) is 33.5 Å². The molecule has 1 saturated heterocycles. The standard InChI is InChI=1S/C11H14ClN3O2/c1-11(2)9(16)15(10(17)14-11)6-3-4-8(13)7(12)5-6/h3,7,13H,4-5H2,1-2H3,(H,14,17). The van der Waals surface area contributed by atoms with Gasteiger partial charge in [-0.1, -0.05) is 6.08 Å². The number of hydrogen-bond donors (Lipinski definition) is 2. The Morgan fingerprint density at radius 3 is 2.65 bits per heavy atom. The van der Waals surface area contributed by atoms with Gasteiger partial charge in [0.15, 0.2) is 0 Å². The molecule has 0 spiro atoms. The molecular formula is C11H14ClN3O2. The van der Waals surface area contributed by atoms with Crippen LogP contribution >= 0.6 is 11.6 Å². The lowest BCUT2D eigenvalue weighted by Crippen LogP contribution is -2.40. The number of hydrogen-bond acceptors (Lipinski definition) is 3. The Kier molecular flexibility index (Phi) is 2.73. The number of imide groups is 1. The molecule has 1 aliphatic carbocycles. The number of nitrogens with zero attached hydrogens (tertiary/aromatic N) is 1. The highest BCUT2D eigenvalue weighted by Crippen LogP contribution is 2.28. The zero-order valence-electron chi connectivity index (χ0n) is 9.71. The van der Waals surface area contributed by atoms with Crippen molar-refractivity contribution in [1.82, 2.24) is 10.2 Å². The van der Waals surface area contributed by atoms with Crippen LogP contribution in [0.3, 0.4) is 0 Å². The summed E-state index contributed by atoms with van der Waals surface area (Å²) in [5.74, 6) is -0.272. The smallest absolute Gasteiger partial charge is 0.323 e. The first-order chi connectivity index (χ1) is 7.83. The largest absolute Gasteiger partial charge is 0.329 e. The van der Waals surface area contributed by atoms with E-state index < -0.39 is 16.9 Å². The fourth-order valence-corrected chi connectivity index (χ4v) is 2.18. The molecule has 2 rings (SSSR count). The normalized spacial score (nSPS) is 28.2. The number of amides is 3. The van der Waals surface area contributed by atoms with Gasteiger partial charge in [0.05, 0.1) is 5.38 Å². The van der Waals surface area contributed by atoms with Crippen LogP contribution in [0.2, 0.25) is 0 Å². The van der Waals surface area contributed by atoms with Crippen molar-refractivity contribution >= 4 is 29.3 Å². The Morgan fingerprint density at radius 2 is 2.18 bits per heavy atom. The molecule has 0 radical (unpaired) electrons. The number of rotatable bonds is 1. The first-order valence-electron chi connectivity index (χ1n) is 5.40. The Bertz CT molecular complexity index is 442. The van der Waals surface area contributed by atoms with Crippen LogP contribution in [0.5, 0.6) is 0 Å². The van der Waals surface area contributed by atoms with Crippen LogP contribution in [0.1, 0.15) is 26.7 Å². The van der Waals surface area contributed by atoms with Crippen molar-refractivity contribution in [2.24, 2.45) is 0 Å². The zero-order valence-corrected chi connectivity index (χ0v) is 10.5. The van der Waals surface area contributed by atoms with Crippen molar-refractivity contribution in [2.75, 3.05) is 0 Å². The van der Waals surface area contributed by atoms with E-state index in [0.717, 1.165) is 4.90 Å². The number of carbonyl (C=O) groups excluding carboxylic acids is 2. The molecule has 0 aromatic rings. The number of halogens is 1. The number of alkyl halides is 1. The molecule has 0 aromatic heterocycles. The van der Waals surface area contributed by atoms with Crippen LogP contribution in [0.4, 0.5) is 4.79 Å². The Morgan fingerprint density at radius 1 is 1.53 bits per heavy atom. The number of allylic oxidation sites excluding steroid dienone is 2. The van der Waals surface area contributed by atoms with Gasteiger partial charge in [0.2, 0.25) is 0 Å². The summed E-state index contributed by atoms with van der Waals surface area (Å²) < 4.78 is 0. The highest BCUT2D eigenvalue weighted by molar-refractivity contribution is 6.32. The fraction of sp³-hybridized carbons (Fsp3) is 0.545. The van der Waals surface area contributed by atoms with Gasteiger partial charge in [0.1, 0.15) is 5.54 Å². The molecule has 1 unspecified atom stereocenters. The van der Waals surface area contributed by atoms with Gasteiger partial charge in [-0.05, 0) is 13.8 Å². The van der Waals surface area contributed by atoms with Gasteiger partial charge in [-0.3, -0.25) is 4.79 Å². The van der Waals surface area contributed by atoms with E-state index in [2.05, 4.69) is 5.32 Å². The molecule has 1 atom stereocenters. The molecule has 17 heavy (non-hydrogen) atoms. The second-order valence-corrected chi connectivity index (χ2v) is 5.32. The molecular weight excluding hydrogens is 242 g/mol. The summed E-state index contributed by atoms with van der Waals surface area (Å²) in [6.45, 7) is 3.33. The van der Waals surface area contributed by atoms with Crippen LogP contribution in [0.25, 0.3) is 0 Å². The van der Waals surface area contributed by atoms with Gasteiger partial charge in [-0.25, -0.2) is 9.69 Å². The lowest BCUT2D eigenvalue weighted by molar-refractivity contribution is -0.128. The molecule has 0 aromatic carbocycles. The maximum Gasteiger partial charge on any atom is 0.329 e. The minimum absolute atomic E-state index is 0.272. The zero-order chi connectivity index (χ0) is 12.8. The van der Waals surface area contributed by atoms with Crippen molar-refractivity contribution in [3.05, 3.63) is 11.8 Å². The van der Waals surface area contributed by atoms with Crippen molar-refractivity contribution in [2.45, 2.75) is 37.6 Å². The highest BCUT2D eigenvalue weighted by Gasteiger charge is 2.46. The minimum atomic E-state index is -0.870. The van der Waals surface area contributed by atoms with Gasteiger partial charge in [-0.15, -0.1) is 11.6 Å². The molecule has 0 bridgehead atoms. The Labute approximate surface area is 104 Å². The molecule has 92 valence electrons. The molecule has 5 nitrogen and oxygen atoms in total. The maximum atomic E-state index is 12.0. The number of nitrogens with one attached hydrogen (secondary N) is 2. The molecule has 1 fully saturated rings. The third kappa shape index (κ3) is 1.95. The number of carbonyl (C=O) groups is 2. The second kappa shape index (κ2) is 3.84. The summed E-state index contributed by atoms with van der Waals surface area (Å²) in [5.41, 5.74) is 0.140. The third-order valence-electron chi connectivity index (χ3n) is 2.97. The summed E-state index contributed by atoms with van der Waals surface area (Å²) in [5, 5.41) is 9.74. The van der Waals surface area contributed by atoms with Crippen molar-refractivity contribution < 1.29 is 9.59 Å². The summed E-state index contributed by atoms with van der Waals surface area (Å²) in [6, 6.07) is -0.413. The monoisotopic (exact) mass is 255 g/mol. The van der Waals surface area contributed by atoms with Crippen LogP contribution in [0.15, 0.2) is 11.8 Å². The predicted octanol–water partition coefficient (Wildman–Crippen LogP) is 1.62. The van der Waals surface area contributed by atoms with E-state index >= 15 is 0 Å². The van der Waals surface area contributed by atoms with Crippen molar-refractivity contribution in [3.63, 3.8) is 0 Å². The van der Waals surface area contributed by atoms with E-state index in [1.165, 1.54) is 0 Å². The van der Waals surface area contributed by atoms with E-state index in [1.807, 2.05) is 0 Å². The Hall–Kier alpha value is -1.36. The summed E-state index contributed by atoms with van der Waals surface area (Å²) in [6.07, 6.45) is 2.46. The molecule has 1 aliphatic heterocycles. The second-order valence-electron chi connectivity index (χ2n) is 4.79. The lowest BCUT2D eigenvalue weighted by atomic mass is 10.00. The van der Waals surface area contributed by atoms with Gasteiger partial charge < -0.3 is 10.7 Å². The van der Waals surface area contributed by atoms with Crippen LogP contribution < -0.4 is 5.32 Å². The van der Waals surface area contributed by atoms with E-state index in [1.54, 1.807) is 19.9 Å². The third-order valence-corrected chi connectivity index (χ3v) is 3.39. The molecule has 3 amide bonds. The molecule has 6 heteroatoms. The highest BCUT2D eigenvalue weighted by atomic mass is 35.5. The van der Waals surface area contributed by atoms with Gasteiger partial charge in [0, 0.05) is 24.3 Å². The lowest BCUT2D eigenvalue weighted by Gasteiger charge is -2.24. The minimum Gasteiger partial charge on any atom is -0.323 e. The first-order valence-corrected chi connectivity index (χ1v) is 5.83. The molecule has 2 aliphatic rings. The Balaban J connectivity index is 2.27. The predicted molar refractivity (Wildman–Crippen MR) is 64.1 cm³/mol. The maximum absolute atomic E-state index is 12.0. The van der Waals surface area contributed by atoms with E-state index in [4.69, 9.17) is 17.0 Å². The van der Waals surface area contributed by atoms with Crippen LogP contribution in [0, 0.1) is 5.41 Å². The van der Waals surface area contributed by atoms with Gasteiger partial charge in [-0.2, -0.15) is 0 Å². The average Bonchev–Trinajstić information content (AvgIpc) is 2.42. The fourth-order valence-electron chi connectivity index (χ4n) is 1.94. The van der Waals surface area contributed by atoms with Gasteiger partial charge >= 0.3 is 6.03 Å². The number of urea groups is 1. The summed E-state index contributed by atoms with van der Waals surface area (Å²) >= 11 is 5.97. The van der Waals surface area contributed by atoms with Crippen molar-refractivity contribution in [3.8, 4) is 0 Å². The quantitative estimate of drug-likeness (QED) is 0.552. The molecule has 0 saturated carbocycles. The van der Waals surface area contributed by atoms with E-state index in [9.17, 15) is 9.59 Å². The molecule has 2 N–H and O–H groups in total. The topological polar surface area (TPSA) is 73.3 Å². The van der Waals surface area contributed by atoms with Crippen LogP contribution in [-0.2, 0) is 4.79 Å². The average molecular weight is 256 g/mol. The summed E-state index contributed by atoms with van der Waals surface area (Å²) in [7, 11) is 0. The summed E-state index contributed by atoms with van der Waals surface area (Å²) in [4.78, 5) is 24.9. The van der Waals surface area contributed by atoms with E-state index in [0.29, 0.717) is 24.3 Å². The first kappa shape index (κ1) is 12.1. The van der Waals surface area contributed by atoms with Crippen molar-refractivity contribution in [1.29, 1.82) is 5.41 Å². The van der Waals surface area contributed by atoms with Gasteiger partial charge in [0.25, 0.3) is 5.91 Å². The molecule has 1 heterocycles. The van der Waals surface area contributed by atoms with E-state index in [-0.39, 0.29) is 5.91 Å².